The number of nitrogen functional groups attached to an aromatic ring is 1. The van der Waals surface area contributed by atoms with Crippen molar-refractivity contribution in [3.63, 3.8) is 0 Å². The summed E-state index contributed by atoms with van der Waals surface area (Å²) in [5.74, 6) is 1.23. The van der Waals surface area contributed by atoms with Gasteiger partial charge in [-0.25, -0.2) is 9.97 Å². The SMILES string of the molecule is CC(C)Oc1cccc(C(=O)C2CCCN(Cc3cnc(N)nc3)C2)c1. The van der Waals surface area contributed by atoms with Crippen LogP contribution in [0.2, 0.25) is 0 Å². The van der Waals surface area contributed by atoms with E-state index < -0.39 is 0 Å². The average molecular weight is 354 g/mol. The largest absolute Gasteiger partial charge is 0.491 e. The predicted octanol–water partition coefficient (Wildman–Crippen LogP) is 2.94. The number of aromatic nitrogens is 2. The molecule has 1 aromatic heterocycles. The highest BCUT2D eigenvalue weighted by atomic mass is 16.5. The van der Waals surface area contributed by atoms with Crippen LogP contribution in [0, 0.1) is 5.92 Å². The van der Waals surface area contributed by atoms with Gasteiger partial charge in [0.05, 0.1) is 6.10 Å². The Morgan fingerprint density at radius 3 is 2.85 bits per heavy atom. The second kappa shape index (κ2) is 8.27. The van der Waals surface area contributed by atoms with E-state index in [9.17, 15) is 4.79 Å². The zero-order chi connectivity index (χ0) is 18.5. The van der Waals surface area contributed by atoms with Gasteiger partial charge in [0, 0.05) is 42.5 Å². The number of carbonyl (C=O) groups excluding carboxylic acids is 1. The van der Waals surface area contributed by atoms with Crippen molar-refractivity contribution < 1.29 is 9.53 Å². The van der Waals surface area contributed by atoms with E-state index in [2.05, 4.69) is 14.9 Å². The maximum Gasteiger partial charge on any atom is 0.219 e. The van der Waals surface area contributed by atoms with Gasteiger partial charge >= 0.3 is 0 Å². The minimum Gasteiger partial charge on any atom is -0.491 e. The van der Waals surface area contributed by atoms with Crippen LogP contribution >= 0.6 is 0 Å². The van der Waals surface area contributed by atoms with Crippen LogP contribution in [0.15, 0.2) is 36.7 Å². The molecule has 1 fully saturated rings. The molecular weight excluding hydrogens is 328 g/mol. The van der Waals surface area contributed by atoms with Crippen LogP contribution < -0.4 is 10.5 Å². The first-order chi connectivity index (χ1) is 12.5. The quantitative estimate of drug-likeness (QED) is 0.803. The molecule has 2 aromatic rings. The number of nitrogens with two attached hydrogens (primary N) is 1. The Balaban J connectivity index is 1.65. The van der Waals surface area contributed by atoms with Crippen molar-refractivity contribution in [3.05, 3.63) is 47.8 Å². The van der Waals surface area contributed by atoms with E-state index in [-0.39, 0.29) is 23.8 Å². The average Bonchev–Trinajstić information content (AvgIpc) is 2.63. The highest BCUT2D eigenvalue weighted by Crippen LogP contribution is 2.24. The van der Waals surface area contributed by atoms with E-state index in [0.29, 0.717) is 0 Å². The molecule has 0 amide bonds. The summed E-state index contributed by atoms with van der Waals surface area (Å²) in [6.45, 7) is 6.42. The zero-order valence-electron chi connectivity index (χ0n) is 15.4. The summed E-state index contributed by atoms with van der Waals surface area (Å²) >= 11 is 0. The lowest BCUT2D eigenvalue weighted by Crippen LogP contribution is -2.38. The van der Waals surface area contributed by atoms with Crippen molar-refractivity contribution in [2.24, 2.45) is 5.92 Å². The summed E-state index contributed by atoms with van der Waals surface area (Å²) in [5, 5.41) is 0. The second-order valence-electron chi connectivity index (χ2n) is 7.08. The molecule has 1 aromatic carbocycles. The number of hydrogen-bond donors (Lipinski definition) is 1. The normalized spacial score (nSPS) is 18.0. The standard InChI is InChI=1S/C20H26N4O2/c1-14(2)26-18-7-3-5-16(9-18)19(25)17-6-4-8-24(13-17)12-15-10-22-20(21)23-11-15/h3,5,7,9-11,14,17H,4,6,8,12-13H2,1-2H3,(H2,21,22,23). The van der Waals surface area contributed by atoms with E-state index in [1.807, 2.05) is 38.1 Å². The Labute approximate surface area is 154 Å². The number of piperidine rings is 1. The van der Waals surface area contributed by atoms with E-state index in [1.54, 1.807) is 12.4 Å². The number of nitrogens with zero attached hydrogens (tertiary/aromatic N) is 3. The molecule has 6 heteroatoms. The number of likely N-dealkylation sites (tertiary alicyclic amines) is 1. The monoisotopic (exact) mass is 354 g/mol. The summed E-state index contributed by atoms with van der Waals surface area (Å²) in [6.07, 6.45) is 5.52. The second-order valence-corrected chi connectivity index (χ2v) is 7.08. The van der Waals surface area contributed by atoms with Gasteiger partial charge in [-0.2, -0.15) is 0 Å². The first-order valence-electron chi connectivity index (χ1n) is 9.11. The first-order valence-corrected chi connectivity index (χ1v) is 9.11. The number of anilines is 1. The lowest BCUT2D eigenvalue weighted by molar-refractivity contribution is 0.0810. The predicted molar refractivity (Wildman–Crippen MR) is 101 cm³/mol. The van der Waals surface area contributed by atoms with Gasteiger partial charge in [-0.1, -0.05) is 12.1 Å². The number of benzene rings is 1. The van der Waals surface area contributed by atoms with Gasteiger partial charge in [0.15, 0.2) is 5.78 Å². The van der Waals surface area contributed by atoms with Gasteiger partial charge in [-0.3, -0.25) is 9.69 Å². The zero-order valence-corrected chi connectivity index (χ0v) is 15.4. The third-order valence-electron chi connectivity index (χ3n) is 4.50. The Morgan fingerprint density at radius 1 is 1.35 bits per heavy atom. The molecule has 0 saturated carbocycles. The van der Waals surface area contributed by atoms with Gasteiger partial charge in [0.1, 0.15) is 5.75 Å². The van der Waals surface area contributed by atoms with Crippen molar-refractivity contribution >= 4 is 11.7 Å². The highest BCUT2D eigenvalue weighted by molar-refractivity contribution is 5.98. The van der Waals surface area contributed by atoms with Gasteiger partial charge in [0.2, 0.25) is 5.95 Å². The van der Waals surface area contributed by atoms with Crippen LogP contribution in [-0.2, 0) is 6.54 Å². The van der Waals surface area contributed by atoms with Crippen LogP contribution in [0.3, 0.4) is 0 Å². The Hall–Kier alpha value is -2.47. The topological polar surface area (TPSA) is 81.3 Å². The molecule has 2 heterocycles. The van der Waals surface area contributed by atoms with Gasteiger partial charge < -0.3 is 10.5 Å². The maximum atomic E-state index is 13.0. The molecule has 1 unspecified atom stereocenters. The van der Waals surface area contributed by atoms with Gasteiger partial charge in [-0.15, -0.1) is 0 Å². The fourth-order valence-electron chi connectivity index (χ4n) is 3.35. The van der Waals surface area contributed by atoms with Crippen LogP contribution in [0.1, 0.15) is 42.6 Å². The van der Waals surface area contributed by atoms with E-state index >= 15 is 0 Å². The van der Waals surface area contributed by atoms with Crippen LogP contribution in [0.4, 0.5) is 5.95 Å². The highest BCUT2D eigenvalue weighted by Gasteiger charge is 2.27. The molecular formula is C20H26N4O2. The molecule has 1 aliphatic rings. The number of ketones is 1. The third kappa shape index (κ3) is 4.79. The summed E-state index contributed by atoms with van der Waals surface area (Å²) in [6, 6.07) is 7.51. The minimum atomic E-state index is 0.00718. The number of hydrogen-bond acceptors (Lipinski definition) is 6. The number of Topliss-reactive ketones (excluding diaryl/α,β-unsaturated/α-hetero) is 1. The van der Waals surface area contributed by atoms with Crippen molar-refractivity contribution in [3.8, 4) is 5.75 Å². The molecule has 0 aliphatic carbocycles. The Kier molecular flexibility index (Phi) is 5.83. The number of ether oxygens (including phenoxy) is 1. The summed E-state index contributed by atoms with van der Waals surface area (Å²) in [5.41, 5.74) is 7.28. The van der Waals surface area contributed by atoms with E-state index in [0.717, 1.165) is 49.4 Å². The fraction of sp³-hybridized carbons (Fsp3) is 0.450. The fourth-order valence-corrected chi connectivity index (χ4v) is 3.35. The number of carbonyl (C=O) groups is 1. The molecule has 6 nitrogen and oxygen atoms in total. The molecule has 26 heavy (non-hydrogen) atoms. The molecule has 0 radical (unpaired) electrons. The van der Waals surface area contributed by atoms with Gasteiger partial charge in [0.25, 0.3) is 0 Å². The van der Waals surface area contributed by atoms with Crippen molar-refractivity contribution in [2.45, 2.75) is 39.3 Å². The van der Waals surface area contributed by atoms with Crippen LogP contribution in [0.5, 0.6) is 5.75 Å². The molecule has 138 valence electrons. The van der Waals surface area contributed by atoms with E-state index in [4.69, 9.17) is 10.5 Å². The third-order valence-corrected chi connectivity index (χ3v) is 4.50. The maximum absolute atomic E-state index is 13.0. The van der Waals surface area contributed by atoms with Crippen molar-refractivity contribution in [2.75, 3.05) is 18.8 Å². The summed E-state index contributed by atoms with van der Waals surface area (Å²) in [7, 11) is 0. The molecule has 2 N–H and O–H groups in total. The van der Waals surface area contributed by atoms with Gasteiger partial charge in [-0.05, 0) is 45.4 Å². The Morgan fingerprint density at radius 2 is 2.12 bits per heavy atom. The molecule has 3 rings (SSSR count). The molecule has 1 saturated heterocycles. The van der Waals surface area contributed by atoms with Crippen molar-refractivity contribution in [1.82, 2.24) is 14.9 Å². The molecule has 1 atom stereocenters. The first kappa shape index (κ1) is 18.3. The number of rotatable bonds is 6. The van der Waals surface area contributed by atoms with E-state index in [1.165, 1.54) is 0 Å². The lowest BCUT2D eigenvalue weighted by Gasteiger charge is -2.32. The smallest absolute Gasteiger partial charge is 0.219 e. The Bertz CT molecular complexity index is 746. The van der Waals surface area contributed by atoms with Crippen LogP contribution in [0.25, 0.3) is 0 Å². The molecule has 0 spiro atoms. The lowest BCUT2D eigenvalue weighted by atomic mass is 9.90. The summed E-state index contributed by atoms with van der Waals surface area (Å²) < 4.78 is 5.72. The summed E-state index contributed by atoms with van der Waals surface area (Å²) in [4.78, 5) is 23.3. The molecule has 0 bridgehead atoms. The van der Waals surface area contributed by atoms with Crippen LogP contribution in [-0.4, -0.2) is 39.8 Å². The van der Waals surface area contributed by atoms with Crippen molar-refractivity contribution in [1.29, 1.82) is 0 Å². The minimum absolute atomic E-state index is 0.00718. The molecule has 1 aliphatic heterocycles.